The summed E-state index contributed by atoms with van der Waals surface area (Å²) in [5.41, 5.74) is 2.14. The van der Waals surface area contributed by atoms with Crippen molar-refractivity contribution in [3.8, 4) is 0 Å². The highest BCUT2D eigenvalue weighted by atomic mass is 79.9. The van der Waals surface area contributed by atoms with Crippen molar-refractivity contribution in [2.45, 2.75) is 72.9 Å². The third-order valence-electron chi connectivity index (χ3n) is 6.93. The van der Waals surface area contributed by atoms with Crippen molar-refractivity contribution in [1.29, 1.82) is 0 Å². The van der Waals surface area contributed by atoms with Gasteiger partial charge in [0.1, 0.15) is 0 Å². The van der Waals surface area contributed by atoms with Crippen LogP contribution < -0.4 is 0 Å². The molecule has 1 saturated heterocycles. The van der Waals surface area contributed by atoms with Crippen LogP contribution in [0, 0.1) is 11.8 Å². The zero-order chi connectivity index (χ0) is 18.5. The topological polar surface area (TPSA) is 33.2 Å². The number of rotatable bonds is 2. The molecule has 0 spiro atoms. The Morgan fingerprint density at radius 1 is 1.26 bits per heavy atom. The molecule has 0 radical (unpaired) electrons. The second kappa shape index (κ2) is 7.22. The van der Waals surface area contributed by atoms with E-state index in [-0.39, 0.29) is 5.92 Å². The molecule has 7 atom stereocenters. The minimum Gasteiger partial charge on any atom is -0.368 e. The molecule has 0 N–H and O–H groups in total. The number of carbonyl (C=O) groups is 1. The summed E-state index contributed by atoms with van der Waals surface area (Å²) >= 11 is 6.10. The average molecular weight is 447 g/mol. The predicted octanol–water partition coefficient (Wildman–Crippen LogP) is 4.61. The zero-order valence-electron chi connectivity index (χ0n) is 15.8. The zero-order valence-corrected chi connectivity index (χ0v) is 18.2. The van der Waals surface area contributed by atoms with Crippen LogP contribution in [0.4, 0.5) is 0 Å². The van der Waals surface area contributed by atoms with Gasteiger partial charge in [-0.1, -0.05) is 28.9 Å². The Bertz CT molecular complexity index is 754. The Kier molecular flexibility index (Phi) is 4.87. The molecule has 2 aliphatic heterocycles. The van der Waals surface area contributed by atoms with Gasteiger partial charge in [-0.2, -0.15) is 11.8 Å². The lowest BCUT2D eigenvalue weighted by atomic mass is 9.71. The van der Waals surface area contributed by atoms with E-state index in [2.05, 4.69) is 56.8 Å². The Hall–Kier alpha value is -0.810. The SMILES string of the molecule is CC1CC2SC3CCC(Br)CC3N3C=C(Cc4cccnc4)C(=O)C(C1)C23. The molecule has 2 saturated carbocycles. The Balaban J connectivity index is 1.52. The fraction of sp³-hybridized carbons (Fsp3) is 0.636. The number of carbonyl (C=O) groups excluding carboxylic acids is 1. The third kappa shape index (κ3) is 3.29. The highest BCUT2D eigenvalue weighted by Gasteiger charge is 2.53. The minimum atomic E-state index is 0.180. The van der Waals surface area contributed by atoms with Crippen LogP contribution in [0.1, 0.15) is 44.6 Å². The molecule has 2 aliphatic carbocycles. The first-order valence-corrected chi connectivity index (χ1v) is 12.2. The normalized spacial score (nSPS) is 40.8. The average Bonchev–Trinajstić information content (AvgIpc) is 2.66. The summed E-state index contributed by atoms with van der Waals surface area (Å²) in [5, 5.41) is 1.34. The van der Waals surface area contributed by atoms with Crippen molar-refractivity contribution in [2.75, 3.05) is 0 Å². The van der Waals surface area contributed by atoms with Crippen LogP contribution >= 0.6 is 27.7 Å². The van der Waals surface area contributed by atoms with E-state index in [1.807, 2.05) is 12.3 Å². The molecule has 1 aromatic heterocycles. The second-order valence-electron chi connectivity index (χ2n) is 8.87. The molecular formula is C22H27BrN2OS. The van der Waals surface area contributed by atoms with Gasteiger partial charge in [-0.25, -0.2) is 0 Å². The number of halogens is 1. The number of thioether (sulfide) groups is 1. The van der Waals surface area contributed by atoms with Crippen molar-refractivity contribution < 1.29 is 4.79 Å². The van der Waals surface area contributed by atoms with Crippen molar-refractivity contribution in [3.05, 3.63) is 41.9 Å². The Labute approximate surface area is 174 Å². The van der Waals surface area contributed by atoms with Crippen molar-refractivity contribution in [3.63, 3.8) is 0 Å². The first-order chi connectivity index (χ1) is 13.1. The molecule has 27 heavy (non-hydrogen) atoms. The van der Waals surface area contributed by atoms with Crippen LogP contribution in [-0.2, 0) is 11.2 Å². The molecular weight excluding hydrogens is 420 g/mol. The lowest BCUT2D eigenvalue weighted by Crippen LogP contribution is -2.63. The van der Waals surface area contributed by atoms with E-state index in [9.17, 15) is 4.79 Å². The largest absolute Gasteiger partial charge is 0.368 e. The van der Waals surface area contributed by atoms with Gasteiger partial charge in [0.2, 0.25) is 0 Å². The van der Waals surface area contributed by atoms with Gasteiger partial charge in [-0.05, 0) is 49.7 Å². The molecule has 5 heteroatoms. The number of hydrogen-bond acceptors (Lipinski definition) is 4. The van der Waals surface area contributed by atoms with E-state index < -0.39 is 0 Å². The summed E-state index contributed by atoms with van der Waals surface area (Å²) < 4.78 is 0. The summed E-state index contributed by atoms with van der Waals surface area (Å²) in [6.07, 6.45) is 12.8. The number of fused-ring (bicyclic) bond motifs is 2. The lowest BCUT2D eigenvalue weighted by Gasteiger charge is -2.58. The molecule has 0 amide bonds. The number of ketones is 1. The fourth-order valence-electron chi connectivity index (χ4n) is 5.77. The van der Waals surface area contributed by atoms with E-state index in [0.29, 0.717) is 40.3 Å². The Morgan fingerprint density at radius 2 is 2.15 bits per heavy atom. The van der Waals surface area contributed by atoms with Gasteiger partial charge < -0.3 is 4.90 Å². The molecule has 1 aromatic rings. The molecule has 4 aliphatic rings. The van der Waals surface area contributed by atoms with Crippen LogP contribution in [0.25, 0.3) is 0 Å². The van der Waals surface area contributed by atoms with Crippen LogP contribution in [-0.4, -0.2) is 43.1 Å². The minimum absolute atomic E-state index is 0.180. The highest BCUT2D eigenvalue weighted by Crippen LogP contribution is 2.52. The first kappa shape index (κ1) is 18.2. The maximum atomic E-state index is 13.4. The number of alkyl halides is 1. The number of aromatic nitrogens is 1. The van der Waals surface area contributed by atoms with E-state index in [1.165, 1.54) is 25.7 Å². The van der Waals surface area contributed by atoms with Crippen molar-refractivity contribution in [2.24, 2.45) is 11.8 Å². The number of hydrogen-bond donors (Lipinski definition) is 0. The lowest BCUT2D eigenvalue weighted by molar-refractivity contribution is -0.125. The fourth-order valence-corrected chi connectivity index (χ4v) is 8.50. The maximum absolute atomic E-state index is 13.4. The monoisotopic (exact) mass is 446 g/mol. The molecule has 3 fully saturated rings. The maximum Gasteiger partial charge on any atom is 0.165 e. The molecule has 7 unspecified atom stereocenters. The van der Waals surface area contributed by atoms with Crippen LogP contribution in [0.15, 0.2) is 36.3 Å². The van der Waals surface area contributed by atoms with E-state index in [4.69, 9.17) is 0 Å². The Morgan fingerprint density at radius 3 is 2.96 bits per heavy atom. The van der Waals surface area contributed by atoms with Gasteiger partial charge in [0.05, 0.1) is 6.04 Å². The van der Waals surface area contributed by atoms with Gasteiger partial charge in [0.15, 0.2) is 5.78 Å². The standard InChI is InChI=1S/C22H27BrN2OS/c1-13-7-17-21-20(8-13)27-19-5-4-16(23)10-18(19)25(21)12-15(22(17)26)9-14-3-2-6-24-11-14/h2-3,6,11-13,16-21H,4-5,7-10H2,1H3. The van der Waals surface area contributed by atoms with Gasteiger partial charge in [0, 0.05) is 57.9 Å². The van der Waals surface area contributed by atoms with Gasteiger partial charge in [0.25, 0.3) is 0 Å². The van der Waals surface area contributed by atoms with Crippen LogP contribution in [0.2, 0.25) is 0 Å². The van der Waals surface area contributed by atoms with E-state index in [0.717, 1.165) is 22.8 Å². The van der Waals surface area contributed by atoms with Crippen molar-refractivity contribution >= 4 is 33.5 Å². The summed E-state index contributed by atoms with van der Waals surface area (Å²) in [6.45, 7) is 2.34. The molecule has 3 nitrogen and oxygen atoms in total. The number of nitrogens with zero attached hydrogens (tertiary/aromatic N) is 2. The second-order valence-corrected chi connectivity index (χ2v) is 11.6. The van der Waals surface area contributed by atoms with Gasteiger partial charge in [-0.3, -0.25) is 9.78 Å². The summed E-state index contributed by atoms with van der Waals surface area (Å²) in [5.74, 6) is 1.23. The summed E-state index contributed by atoms with van der Waals surface area (Å²) in [6, 6.07) is 5.04. The molecule has 144 valence electrons. The van der Waals surface area contributed by atoms with Crippen LogP contribution in [0.3, 0.4) is 0 Å². The number of Topliss-reactive ketones (excluding diaryl/α,β-unsaturated/α-hetero) is 1. The van der Waals surface area contributed by atoms with E-state index in [1.54, 1.807) is 6.20 Å². The molecule has 5 rings (SSSR count). The summed E-state index contributed by atoms with van der Waals surface area (Å²) in [7, 11) is 0. The van der Waals surface area contributed by atoms with Crippen molar-refractivity contribution in [1.82, 2.24) is 9.88 Å². The van der Waals surface area contributed by atoms with E-state index >= 15 is 0 Å². The smallest absolute Gasteiger partial charge is 0.165 e. The molecule has 3 heterocycles. The summed E-state index contributed by atoms with van der Waals surface area (Å²) in [4.78, 5) is 20.9. The number of allylic oxidation sites excluding steroid dienone is 1. The highest BCUT2D eigenvalue weighted by molar-refractivity contribution is 9.09. The predicted molar refractivity (Wildman–Crippen MR) is 114 cm³/mol. The molecule has 0 aromatic carbocycles. The number of pyridine rings is 1. The quantitative estimate of drug-likeness (QED) is 0.621. The molecule has 0 bridgehead atoms. The van der Waals surface area contributed by atoms with Gasteiger partial charge >= 0.3 is 0 Å². The van der Waals surface area contributed by atoms with Gasteiger partial charge in [-0.15, -0.1) is 0 Å². The third-order valence-corrected chi connectivity index (χ3v) is 9.48. The first-order valence-electron chi connectivity index (χ1n) is 10.3. The van der Waals surface area contributed by atoms with Crippen LogP contribution in [0.5, 0.6) is 0 Å².